The van der Waals surface area contributed by atoms with Crippen LogP contribution in [-0.4, -0.2) is 40.6 Å². The molecule has 1 aliphatic carbocycles. The third kappa shape index (κ3) is 10.2. The molecule has 1 fully saturated rings. The molecule has 0 spiro atoms. The number of benzene rings is 2. The van der Waals surface area contributed by atoms with Gasteiger partial charge in [-0.2, -0.15) is 0 Å². The molecule has 242 valence electrons. The highest BCUT2D eigenvalue weighted by Crippen LogP contribution is 2.44. The normalized spacial score (nSPS) is 21.0. The summed E-state index contributed by atoms with van der Waals surface area (Å²) in [5.74, 6) is 0.267. The Morgan fingerprint density at radius 2 is 1.69 bits per heavy atom. The van der Waals surface area contributed by atoms with Crippen molar-refractivity contribution in [2.75, 3.05) is 6.61 Å². The summed E-state index contributed by atoms with van der Waals surface area (Å²) in [5.41, 5.74) is 1.07. The summed E-state index contributed by atoms with van der Waals surface area (Å²) in [5, 5.41) is 10.1. The molecule has 3 aliphatic rings. The molecule has 1 N–H and O–H groups in total. The van der Waals surface area contributed by atoms with Crippen molar-refractivity contribution in [2.45, 2.75) is 103 Å². The first-order valence-corrected chi connectivity index (χ1v) is 16.1. The van der Waals surface area contributed by atoms with E-state index in [0.29, 0.717) is 38.4 Å². The van der Waals surface area contributed by atoms with Gasteiger partial charge in [0.15, 0.2) is 5.78 Å². The van der Waals surface area contributed by atoms with E-state index < -0.39 is 23.1 Å². The summed E-state index contributed by atoms with van der Waals surface area (Å²) in [4.78, 5) is 35.0. The Hall–Kier alpha value is -4.07. The second kappa shape index (κ2) is 15.8. The standard InChI is InChI=1S/C25H28O4.C12H18O4/c26-22-16-24(27)29-25(17-22,21-10-4-5-11-21)14-13-19-9-6-12-23(15-19)28-18-20-7-2-1-3-8-20;1-4-5-6-15-11(14)10-7-9(13)8-12(2,3)16-10/h1-3,6-9,12,15-16,21,26H,4-5,10-11,13-14,17-18H2;7H,4-6,8H2,1-3H3. The lowest BCUT2D eigenvalue weighted by Crippen LogP contribution is -2.44. The SMILES string of the molecule is CCCCOC(=O)C1=CC(=O)CC(C)(C)O1.O=C1C=C(O)CC(CCc2cccc(OCc3ccccc3)c2)(C2CCCC2)O1. The van der Waals surface area contributed by atoms with Gasteiger partial charge in [0.1, 0.15) is 29.3 Å². The number of hydrogen-bond acceptors (Lipinski definition) is 8. The maximum atomic E-state index is 12.1. The van der Waals surface area contributed by atoms with Crippen molar-refractivity contribution in [2.24, 2.45) is 5.92 Å². The highest BCUT2D eigenvalue weighted by molar-refractivity contribution is 5.99. The minimum Gasteiger partial charge on any atom is -0.512 e. The zero-order chi connectivity index (χ0) is 32.3. The fraction of sp³-hybridized carbons (Fsp3) is 0.486. The van der Waals surface area contributed by atoms with Crippen LogP contribution in [0, 0.1) is 5.92 Å². The van der Waals surface area contributed by atoms with Crippen molar-refractivity contribution in [3.8, 4) is 5.75 Å². The van der Waals surface area contributed by atoms with E-state index in [2.05, 4.69) is 12.1 Å². The number of aliphatic hydroxyl groups is 1. The lowest BCUT2D eigenvalue weighted by Gasteiger charge is -2.40. The van der Waals surface area contributed by atoms with Crippen LogP contribution in [0.15, 0.2) is 78.3 Å². The predicted octanol–water partition coefficient (Wildman–Crippen LogP) is 7.50. The number of ether oxygens (including phenoxy) is 4. The van der Waals surface area contributed by atoms with Crippen molar-refractivity contribution in [3.63, 3.8) is 0 Å². The highest BCUT2D eigenvalue weighted by atomic mass is 16.6. The van der Waals surface area contributed by atoms with Gasteiger partial charge >= 0.3 is 11.9 Å². The molecule has 5 rings (SSSR count). The minimum atomic E-state index is -0.620. The van der Waals surface area contributed by atoms with Crippen molar-refractivity contribution < 1.29 is 38.4 Å². The molecule has 2 aliphatic heterocycles. The third-order valence-electron chi connectivity index (χ3n) is 8.36. The largest absolute Gasteiger partial charge is 0.512 e. The quantitative estimate of drug-likeness (QED) is 0.204. The maximum Gasteiger partial charge on any atom is 0.373 e. The smallest absolute Gasteiger partial charge is 0.373 e. The minimum absolute atomic E-state index is 0.0253. The highest BCUT2D eigenvalue weighted by Gasteiger charge is 2.45. The Bertz CT molecular complexity index is 1370. The predicted molar refractivity (Wildman–Crippen MR) is 170 cm³/mol. The van der Waals surface area contributed by atoms with Crippen molar-refractivity contribution in [1.29, 1.82) is 0 Å². The number of carbonyl (C=O) groups excluding carboxylic acids is 3. The van der Waals surface area contributed by atoms with Gasteiger partial charge in [0.05, 0.1) is 12.7 Å². The monoisotopic (exact) mass is 618 g/mol. The molecule has 1 unspecified atom stereocenters. The molecule has 8 heteroatoms. The van der Waals surface area contributed by atoms with E-state index in [1.54, 1.807) is 13.8 Å². The first-order valence-electron chi connectivity index (χ1n) is 16.1. The Kier molecular flexibility index (Phi) is 11.9. The summed E-state index contributed by atoms with van der Waals surface area (Å²) in [6, 6.07) is 18.2. The Morgan fingerprint density at radius 1 is 0.956 bits per heavy atom. The second-order valence-corrected chi connectivity index (χ2v) is 12.7. The summed E-state index contributed by atoms with van der Waals surface area (Å²) < 4.78 is 22.2. The maximum absolute atomic E-state index is 12.1. The fourth-order valence-corrected chi connectivity index (χ4v) is 6.13. The number of rotatable bonds is 11. The molecule has 2 aromatic rings. The topological polar surface area (TPSA) is 108 Å². The van der Waals surface area contributed by atoms with E-state index in [9.17, 15) is 19.5 Å². The van der Waals surface area contributed by atoms with Crippen LogP contribution < -0.4 is 4.74 Å². The molecule has 1 atom stereocenters. The molecule has 8 nitrogen and oxygen atoms in total. The summed E-state index contributed by atoms with van der Waals surface area (Å²) in [6.07, 6.45) is 10.9. The number of aryl methyl sites for hydroxylation is 1. The molecule has 0 bridgehead atoms. The molecule has 45 heavy (non-hydrogen) atoms. The zero-order valence-electron chi connectivity index (χ0n) is 26.7. The molecule has 1 saturated carbocycles. The Balaban J connectivity index is 0.000000245. The average molecular weight is 619 g/mol. The van der Waals surface area contributed by atoms with E-state index in [4.69, 9.17) is 18.9 Å². The van der Waals surface area contributed by atoms with Crippen LogP contribution in [0.5, 0.6) is 5.75 Å². The van der Waals surface area contributed by atoms with E-state index in [0.717, 1.165) is 61.8 Å². The molecule has 0 radical (unpaired) electrons. The number of hydrogen-bond donors (Lipinski definition) is 1. The van der Waals surface area contributed by atoms with Gasteiger partial charge in [0.2, 0.25) is 5.76 Å². The first-order chi connectivity index (χ1) is 21.6. The summed E-state index contributed by atoms with van der Waals surface area (Å²) in [6.45, 7) is 6.46. The van der Waals surface area contributed by atoms with Crippen LogP contribution >= 0.6 is 0 Å². The van der Waals surface area contributed by atoms with Gasteiger partial charge in [-0.1, -0.05) is 68.7 Å². The van der Waals surface area contributed by atoms with Crippen LogP contribution in [0.2, 0.25) is 0 Å². The number of cyclic esters (lactones) is 1. The van der Waals surface area contributed by atoms with Crippen LogP contribution in [0.3, 0.4) is 0 Å². The average Bonchev–Trinajstić information content (AvgIpc) is 3.55. The first kappa shape index (κ1) is 33.8. The van der Waals surface area contributed by atoms with Gasteiger partial charge in [-0.15, -0.1) is 0 Å². The number of ketones is 1. The van der Waals surface area contributed by atoms with E-state index in [1.807, 2.05) is 49.4 Å². The number of allylic oxidation sites excluding steroid dienone is 1. The molecule has 0 aromatic heterocycles. The number of esters is 2. The molecular weight excluding hydrogens is 572 g/mol. The summed E-state index contributed by atoms with van der Waals surface area (Å²) in [7, 11) is 0. The molecule has 0 amide bonds. The van der Waals surface area contributed by atoms with Gasteiger partial charge in [0, 0.05) is 18.9 Å². The second-order valence-electron chi connectivity index (χ2n) is 12.7. The Labute approximate surface area is 266 Å². The van der Waals surface area contributed by atoms with Crippen LogP contribution in [0.4, 0.5) is 0 Å². The molecule has 2 aromatic carbocycles. The van der Waals surface area contributed by atoms with Gasteiger partial charge in [-0.25, -0.2) is 9.59 Å². The van der Waals surface area contributed by atoms with Gasteiger partial charge < -0.3 is 24.1 Å². The van der Waals surface area contributed by atoms with Crippen LogP contribution in [0.1, 0.15) is 89.7 Å². The van der Waals surface area contributed by atoms with Gasteiger partial charge in [-0.05, 0) is 75.1 Å². The van der Waals surface area contributed by atoms with Gasteiger partial charge in [-0.3, -0.25) is 4.79 Å². The van der Waals surface area contributed by atoms with Crippen molar-refractivity contribution in [3.05, 3.63) is 89.4 Å². The Morgan fingerprint density at radius 3 is 2.38 bits per heavy atom. The number of carbonyl (C=O) groups is 3. The van der Waals surface area contributed by atoms with E-state index >= 15 is 0 Å². The lowest BCUT2D eigenvalue weighted by atomic mass is 9.77. The summed E-state index contributed by atoms with van der Waals surface area (Å²) >= 11 is 0. The third-order valence-corrected chi connectivity index (χ3v) is 8.36. The zero-order valence-corrected chi connectivity index (χ0v) is 26.7. The molecule has 2 heterocycles. The van der Waals surface area contributed by atoms with E-state index in [-0.39, 0.29) is 17.3 Å². The fourth-order valence-electron chi connectivity index (χ4n) is 6.13. The van der Waals surface area contributed by atoms with Crippen molar-refractivity contribution >= 4 is 17.7 Å². The van der Waals surface area contributed by atoms with Crippen LogP contribution in [-0.2, 0) is 41.6 Å². The van der Waals surface area contributed by atoms with Gasteiger partial charge in [0.25, 0.3) is 0 Å². The van der Waals surface area contributed by atoms with Crippen LogP contribution in [0.25, 0.3) is 0 Å². The molecular formula is C37H46O8. The lowest BCUT2D eigenvalue weighted by molar-refractivity contribution is -0.165. The number of aliphatic hydroxyl groups excluding tert-OH is 1. The molecule has 0 saturated heterocycles. The van der Waals surface area contributed by atoms with Crippen molar-refractivity contribution in [1.82, 2.24) is 0 Å². The number of unbranched alkanes of at least 4 members (excludes halogenated alkanes) is 1. The van der Waals surface area contributed by atoms with E-state index in [1.165, 1.54) is 12.2 Å².